The fourth-order valence-corrected chi connectivity index (χ4v) is 3.61. The number of aromatic nitrogens is 1. The van der Waals surface area contributed by atoms with Crippen LogP contribution in [0.2, 0.25) is 0 Å². The summed E-state index contributed by atoms with van der Waals surface area (Å²) in [5, 5.41) is 9.79. The number of carbonyl (C=O) groups excluding carboxylic acids is 1. The van der Waals surface area contributed by atoms with Crippen LogP contribution >= 0.6 is 11.5 Å². The Morgan fingerprint density at radius 2 is 1.87 bits per heavy atom. The van der Waals surface area contributed by atoms with Crippen LogP contribution in [-0.2, 0) is 9.59 Å². The molecule has 0 radical (unpaired) electrons. The SMILES string of the molecule is O=C(O)CCCC(=O)N1CCN(c2nsc3ccccc23)CC1. The Morgan fingerprint density at radius 1 is 1.13 bits per heavy atom. The minimum Gasteiger partial charge on any atom is -0.481 e. The van der Waals surface area contributed by atoms with Crippen LogP contribution in [0, 0.1) is 0 Å². The number of nitrogens with zero attached hydrogens (tertiary/aromatic N) is 3. The number of carboxylic acid groups (broad SMARTS) is 1. The monoisotopic (exact) mass is 333 g/mol. The van der Waals surface area contributed by atoms with Crippen molar-refractivity contribution in [1.82, 2.24) is 9.27 Å². The molecule has 122 valence electrons. The van der Waals surface area contributed by atoms with Crippen LogP contribution in [0.25, 0.3) is 10.1 Å². The number of anilines is 1. The smallest absolute Gasteiger partial charge is 0.303 e. The normalized spacial score (nSPS) is 15.1. The highest BCUT2D eigenvalue weighted by molar-refractivity contribution is 7.13. The average molecular weight is 333 g/mol. The van der Waals surface area contributed by atoms with E-state index >= 15 is 0 Å². The number of amides is 1. The molecule has 6 nitrogen and oxygen atoms in total. The van der Waals surface area contributed by atoms with Crippen LogP contribution in [0.5, 0.6) is 0 Å². The van der Waals surface area contributed by atoms with Crippen molar-refractivity contribution in [1.29, 1.82) is 0 Å². The first-order valence-corrected chi connectivity index (χ1v) is 8.51. The summed E-state index contributed by atoms with van der Waals surface area (Å²) in [6, 6.07) is 8.18. The van der Waals surface area contributed by atoms with Crippen LogP contribution < -0.4 is 4.90 Å². The van der Waals surface area contributed by atoms with Gasteiger partial charge in [0.1, 0.15) is 5.82 Å². The predicted molar refractivity (Wildman–Crippen MR) is 89.9 cm³/mol. The zero-order valence-electron chi connectivity index (χ0n) is 12.8. The van der Waals surface area contributed by atoms with E-state index in [-0.39, 0.29) is 12.3 Å². The lowest BCUT2D eigenvalue weighted by molar-refractivity contribution is -0.137. The quantitative estimate of drug-likeness (QED) is 0.908. The lowest BCUT2D eigenvalue weighted by Gasteiger charge is -2.35. The lowest BCUT2D eigenvalue weighted by Crippen LogP contribution is -2.48. The molecule has 2 heterocycles. The van der Waals surface area contributed by atoms with E-state index in [2.05, 4.69) is 21.4 Å². The zero-order chi connectivity index (χ0) is 16.2. The summed E-state index contributed by atoms with van der Waals surface area (Å²) < 4.78 is 5.73. The van der Waals surface area contributed by atoms with Crippen molar-refractivity contribution in [3.8, 4) is 0 Å². The van der Waals surface area contributed by atoms with Crippen molar-refractivity contribution in [2.75, 3.05) is 31.1 Å². The Kier molecular flexibility index (Phi) is 4.76. The van der Waals surface area contributed by atoms with Gasteiger partial charge in [-0.2, -0.15) is 4.37 Å². The third kappa shape index (κ3) is 3.61. The topological polar surface area (TPSA) is 73.7 Å². The Labute approximate surface area is 138 Å². The van der Waals surface area contributed by atoms with E-state index in [4.69, 9.17) is 5.11 Å². The van der Waals surface area contributed by atoms with Gasteiger partial charge >= 0.3 is 5.97 Å². The average Bonchev–Trinajstić information content (AvgIpc) is 2.98. The standard InChI is InChI=1S/C16H19N3O3S/c20-14(6-3-7-15(21)22)18-8-10-19(11-9-18)16-12-4-1-2-5-13(12)23-17-16/h1-2,4-5H,3,6-11H2,(H,21,22). The number of carbonyl (C=O) groups is 2. The molecule has 1 saturated heterocycles. The fraction of sp³-hybridized carbons (Fsp3) is 0.438. The molecule has 23 heavy (non-hydrogen) atoms. The molecule has 0 saturated carbocycles. The predicted octanol–water partition coefficient (Wildman–Crippen LogP) is 2.20. The molecule has 0 unspecified atom stereocenters. The Balaban J connectivity index is 1.56. The van der Waals surface area contributed by atoms with E-state index in [0.29, 0.717) is 25.9 Å². The molecule has 1 amide bonds. The Morgan fingerprint density at radius 3 is 2.61 bits per heavy atom. The summed E-state index contributed by atoms with van der Waals surface area (Å²) >= 11 is 1.50. The van der Waals surface area contributed by atoms with Crippen molar-refractivity contribution < 1.29 is 14.7 Å². The number of hydrogen-bond donors (Lipinski definition) is 1. The Bertz CT molecular complexity index is 707. The van der Waals surface area contributed by atoms with Gasteiger partial charge in [-0.05, 0) is 30.1 Å². The molecule has 1 fully saturated rings. The molecule has 1 aliphatic heterocycles. The molecular formula is C16H19N3O3S. The second kappa shape index (κ2) is 6.95. The maximum absolute atomic E-state index is 12.1. The van der Waals surface area contributed by atoms with Gasteiger partial charge in [0.15, 0.2) is 0 Å². The number of hydrogen-bond acceptors (Lipinski definition) is 5. The van der Waals surface area contributed by atoms with Crippen LogP contribution in [0.15, 0.2) is 24.3 Å². The van der Waals surface area contributed by atoms with Crippen LogP contribution in [0.1, 0.15) is 19.3 Å². The van der Waals surface area contributed by atoms with E-state index in [1.165, 1.54) is 21.6 Å². The fourth-order valence-electron chi connectivity index (χ4n) is 2.82. The van der Waals surface area contributed by atoms with Gasteiger partial charge < -0.3 is 14.9 Å². The first kappa shape index (κ1) is 15.7. The summed E-state index contributed by atoms with van der Waals surface area (Å²) in [6.07, 6.45) is 0.771. The van der Waals surface area contributed by atoms with E-state index in [9.17, 15) is 9.59 Å². The third-order valence-electron chi connectivity index (χ3n) is 4.07. The lowest BCUT2D eigenvalue weighted by atomic mass is 10.2. The number of benzene rings is 1. The first-order chi connectivity index (χ1) is 11.1. The molecule has 0 bridgehead atoms. The molecular weight excluding hydrogens is 314 g/mol. The highest BCUT2D eigenvalue weighted by Crippen LogP contribution is 2.29. The van der Waals surface area contributed by atoms with Gasteiger partial charge in [0.25, 0.3) is 0 Å². The van der Waals surface area contributed by atoms with Gasteiger partial charge in [0.05, 0.1) is 4.70 Å². The van der Waals surface area contributed by atoms with E-state index in [1.54, 1.807) is 0 Å². The molecule has 0 spiro atoms. The maximum Gasteiger partial charge on any atom is 0.303 e. The molecule has 1 aromatic heterocycles. The number of rotatable bonds is 5. The van der Waals surface area contributed by atoms with E-state index < -0.39 is 5.97 Å². The summed E-state index contributed by atoms with van der Waals surface area (Å²) in [5.74, 6) is 0.204. The highest BCUT2D eigenvalue weighted by Gasteiger charge is 2.23. The number of carboxylic acids is 1. The zero-order valence-corrected chi connectivity index (χ0v) is 13.6. The second-order valence-corrected chi connectivity index (χ2v) is 6.42. The molecule has 1 N–H and O–H groups in total. The number of fused-ring (bicyclic) bond motifs is 1. The minimum absolute atomic E-state index is 0.0500. The van der Waals surface area contributed by atoms with Gasteiger partial charge in [0, 0.05) is 44.4 Å². The molecule has 1 aromatic carbocycles. The molecule has 0 aliphatic carbocycles. The van der Waals surface area contributed by atoms with Crippen molar-refractivity contribution in [2.24, 2.45) is 0 Å². The molecule has 0 atom stereocenters. The van der Waals surface area contributed by atoms with Crippen LogP contribution in [0.4, 0.5) is 5.82 Å². The number of piperazine rings is 1. The molecule has 3 rings (SSSR count). The van der Waals surface area contributed by atoms with Gasteiger partial charge in [-0.15, -0.1) is 0 Å². The Hall–Kier alpha value is -2.15. The largest absolute Gasteiger partial charge is 0.481 e. The first-order valence-electron chi connectivity index (χ1n) is 7.74. The van der Waals surface area contributed by atoms with E-state index in [1.807, 2.05) is 17.0 Å². The summed E-state index contributed by atoms with van der Waals surface area (Å²) in [7, 11) is 0. The van der Waals surface area contributed by atoms with Crippen LogP contribution in [0.3, 0.4) is 0 Å². The van der Waals surface area contributed by atoms with Crippen LogP contribution in [-0.4, -0.2) is 52.4 Å². The summed E-state index contributed by atoms with van der Waals surface area (Å²) in [4.78, 5) is 26.6. The van der Waals surface area contributed by atoms with Gasteiger partial charge in [-0.1, -0.05) is 12.1 Å². The van der Waals surface area contributed by atoms with Crippen molar-refractivity contribution in [3.63, 3.8) is 0 Å². The van der Waals surface area contributed by atoms with Gasteiger partial charge in [-0.3, -0.25) is 9.59 Å². The minimum atomic E-state index is -0.849. The molecule has 1 aliphatic rings. The van der Waals surface area contributed by atoms with Gasteiger partial charge in [0.2, 0.25) is 5.91 Å². The van der Waals surface area contributed by atoms with E-state index in [0.717, 1.165) is 18.9 Å². The van der Waals surface area contributed by atoms with Gasteiger partial charge in [-0.25, -0.2) is 0 Å². The summed E-state index contributed by atoms with van der Waals surface area (Å²) in [5.41, 5.74) is 0. The number of aliphatic carboxylic acids is 1. The maximum atomic E-state index is 12.1. The van der Waals surface area contributed by atoms with Crippen molar-refractivity contribution >= 4 is 39.3 Å². The summed E-state index contributed by atoms with van der Waals surface area (Å²) in [6.45, 7) is 2.85. The molecule has 7 heteroatoms. The van der Waals surface area contributed by atoms with Crippen molar-refractivity contribution in [2.45, 2.75) is 19.3 Å². The van der Waals surface area contributed by atoms with Crippen molar-refractivity contribution in [3.05, 3.63) is 24.3 Å². The molecule has 2 aromatic rings. The second-order valence-electron chi connectivity index (χ2n) is 5.62. The third-order valence-corrected chi connectivity index (χ3v) is 4.89. The highest BCUT2D eigenvalue weighted by atomic mass is 32.1.